The molecule has 0 radical (unpaired) electrons. The van der Waals surface area contributed by atoms with Gasteiger partial charge in [0.2, 0.25) is 0 Å². The number of ether oxygens (including phenoxy) is 1. The summed E-state index contributed by atoms with van der Waals surface area (Å²) in [6.07, 6.45) is 1.52. The minimum atomic E-state index is -0.295. The molecule has 1 amide bonds. The Morgan fingerprint density at radius 2 is 1.96 bits per heavy atom. The number of carbonyl (C=O) groups is 1. The number of nitrogens with zero attached hydrogens (tertiary/aromatic N) is 2. The maximum absolute atomic E-state index is 12.6. The first-order valence-corrected chi connectivity index (χ1v) is 9.54. The quantitative estimate of drug-likeness (QED) is 0.691. The molecule has 0 unspecified atom stereocenters. The van der Waals surface area contributed by atoms with E-state index in [1.54, 1.807) is 7.11 Å². The summed E-state index contributed by atoms with van der Waals surface area (Å²) in [7, 11) is 1.66. The standard InChI is InChI=1S/C20H24N4O2S/c1-12-15-17(21-10-13-8-6-7-9-14(13)26-5)22-11-23-19(15)27-16(12)18(25)24-20(2,3)4/h6-9,11H,10H2,1-5H3,(H,24,25)(H,21,22,23). The van der Waals surface area contributed by atoms with Crippen LogP contribution in [0.4, 0.5) is 5.82 Å². The van der Waals surface area contributed by atoms with Gasteiger partial charge in [0, 0.05) is 17.6 Å². The summed E-state index contributed by atoms with van der Waals surface area (Å²) < 4.78 is 5.40. The van der Waals surface area contributed by atoms with Gasteiger partial charge in [0.15, 0.2) is 0 Å². The van der Waals surface area contributed by atoms with Gasteiger partial charge in [-0.05, 0) is 39.3 Å². The van der Waals surface area contributed by atoms with Gasteiger partial charge in [-0.1, -0.05) is 18.2 Å². The van der Waals surface area contributed by atoms with Crippen molar-refractivity contribution in [3.63, 3.8) is 0 Å². The molecule has 2 N–H and O–H groups in total. The fourth-order valence-electron chi connectivity index (χ4n) is 2.85. The molecule has 0 bridgehead atoms. The number of anilines is 1. The van der Waals surface area contributed by atoms with Crippen molar-refractivity contribution in [2.75, 3.05) is 12.4 Å². The minimum absolute atomic E-state index is 0.0846. The zero-order valence-electron chi connectivity index (χ0n) is 16.2. The number of nitrogens with one attached hydrogen (secondary N) is 2. The zero-order valence-corrected chi connectivity index (χ0v) is 17.0. The highest BCUT2D eigenvalue weighted by molar-refractivity contribution is 7.20. The first-order chi connectivity index (χ1) is 12.8. The van der Waals surface area contributed by atoms with Gasteiger partial charge < -0.3 is 15.4 Å². The fraction of sp³-hybridized carbons (Fsp3) is 0.350. The van der Waals surface area contributed by atoms with Crippen LogP contribution in [-0.2, 0) is 6.54 Å². The van der Waals surface area contributed by atoms with Crippen LogP contribution in [0.25, 0.3) is 10.2 Å². The Morgan fingerprint density at radius 3 is 2.67 bits per heavy atom. The predicted molar refractivity (Wildman–Crippen MR) is 110 cm³/mol. The van der Waals surface area contributed by atoms with Crippen molar-refractivity contribution in [2.24, 2.45) is 0 Å². The number of aryl methyl sites for hydroxylation is 1. The van der Waals surface area contributed by atoms with Crippen molar-refractivity contribution >= 4 is 33.3 Å². The number of hydrogen-bond donors (Lipinski definition) is 2. The summed E-state index contributed by atoms with van der Waals surface area (Å²) in [6, 6.07) is 7.85. The number of rotatable bonds is 5. The molecule has 0 saturated heterocycles. The number of thiophene rings is 1. The lowest BCUT2D eigenvalue weighted by molar-refractivity contribution is 0.0923. The number of benzene rings is 1. The van der Waals surface area contributed by atoms with Crippen molar-refractivity contribution in [1.82, 2.24) is 15.3 Å². The second-order valence-electron chi connectivity index (χ2n) is 7.33. The molecule has 0 aliphatic carbocycles. The zero-order chi connectivity index (χ0) is 19.6. The summed E-state index contributed by atoms with van der Waals surface area (Å²) in [5, 5.41) is 7.27. The number of fused-ring (bicyclic) bond motifs is 1. The van der Waals surface area contributed by atoms with E-state index in [-0.39, 0.29) is 11.4 Å². The lowest BCUT2D eigenvalue weighted by atomic mass is 10.1. The van der Waals surface area contributed by atoms with Gasteiger partial charge in [0.05, 0.1) is 17.4 Å². The molecule has 0 fully saturated rings. The van der Waals surface area contributed by atoms with Crippen LogP contribution in [-0.4, -0.2) is 28.5 Å². The number of para-hydroxylation sites is 1. The molecule has 0 atom stereocenters. The van der Waals surface area contributed by atoms with Crippen LogP contribution >= 0.6 is 11.3 Å². The van der Waals surface area contributed by atoms with Crippen LogP contribution in [0.1, 0.15) is 41.6 Å². The van der Waals surface area contributed by atoms with Crippen LogP contribution in [0.5, 0.6) is 5.75 Å². The monoisotopic (exact) mass is 384 g/mol. The molecule has 0 aliphatic heterocycles. The Labute approximate surface area is 163 Å². The van der Waals surface area contributed by atoms with Gasteiger partial charge in [-0.25, -0.2) is 9.97 Å². The Morgan fingerprint density at radius 1 is 1.22 bits per heavy atom. The molecule has 3 aromatic rings. The second-order valence-corrected chi connectivity index (χ2v) is 8.33. The second kappa shape index (κ2) is 7.52. The van der Waals surface area contributed by atoms with Gasteiger partial charge in [0.1, 0.15) is 22.7 Å². The SMILES string of the molecule is COc1ccccc1CNc1ncnc2sc(C(=O)NC(C)(C)C)c(C)c12. The third kappa shape index (κ3) is 4.19. The lowest BCUT2D eigenvalue weighted by Crippen LogP contribution is -2.40. The maximum atomic E-state index is 12.6. The van der Waals surface area contributed by atoms with E-state index in [9.17, 15) is 4.79 Å². The van der Waals surface area contributed by atoms with E-state index in [1.165, 1.54) is 17.7 Å². The Balaban J connectivity index is 1.92. The first kappa shape index (κ1) is 19.1. The molecule has 0 saturated carbocycles. The fourth-order valence-corrected chi connectivity index (χ4v) is 3.89. The molecule has 6 nitrogen and oxygen atoms in total. The Kier molecular flexibility index (Phi) is 5.32. The number of carbonyl (C=O) groups excluding carboxylic acids is 1. The number of methoxy groups -OCH3 is 1. The highest BCUT2D eigenvalue weighted by atomic mass is 32.1. The summed E-state index contributed by atoms with van der Waals surface area (Å²) in [5.74, 6) is 1.45. The number of aromatic nitrogens is 2. The third-order valence-electron chi connectivity index (χ3n) is 4.06. The van der Waals surface area contributed by atoms with E-state index < -0.39 is 0 Å². The highest BCUT2D eigenvalue weighted by Crippen LogP contribution is 2.34. The van der Waals surface area contributed by atoms with E-state index in [1.807, 2.05) is 52.0 Å². The largest absolute Gasteiger partial charge is 0.496 e. The van der Waals surface area contributed by atoms with E-state index in [4.69, 9.17) is 4.74 Å². The topological polar surface area (TPSA) is 76.1 Å². The Bertz CT molecular complexity index is 976. The summed E-state index contributed by atoms with van der Waals surface area (Å²) >= 11 is 1.39. The van der Waals surface area contributed by atoms with E-state index >= 15 is 0 Å². The normalized spacial score (nSPS) is 11.4. The molecule has 2 heterocycles. The molecule has 3 rings (SSSR count). The molecular weight excluding hydrogens is 360 g/mol. The van der Waals surface area contributed by atoms with Gasteiger partial charge in [-0.2, -0.15) is 0 Å². The molecule has 0 spiro atoms. The van der Waals surface area contributed by atoms with Gasteiger partial charge >= 0.3 is 0 Å². The van der Waals surface area contributed by atoms with Gasteiger partial charge in [-0.15, -0.1) is 11.3 Å². The van der Waals surface area contributed by atoms with E-state index in [0.717, 1.165) is 32.9 Å². The number of hydrogen-bond acceptors (Lipinski definition) is 6. The molecule has 0 aliphatic rings. The maximum Gasteiger partial charge on any atom is 0.262 e. The van der Waals surface area contributed by atoms with Crippen molar-refractivity contribution in [2.45, 2.75) is 39.8 Å². The molecule has 27 heavy (non-hydrogen) atoms. The molecule has 2 aromatic heterocycles. The van der Waals surface area contributed by atoms with E-state index in [0.29, 0.717) is 11.4 Å². The molecule has 7 heteroatoms. The lowest BCUT2D eigenvalue weighted by Gasteiger charge is -2.20. The van der Waals surface area contributed by atoms with Crippen molar-refractivity contribution in [3.05, 3.63) is 46.6 Å². The molecule has 1 aromatic carbocycles. The Hall–Kier alpha value is -2.67. The predicted octanol–water partition coefficient (Wildman–Crippen LogP) is 4.15. The average molecular weight is 385 g/mol. The third-order valence-corrected chi connectivity index (χ3v) is 5.26. The van der Waals surface area contributed by atoms with Gasteiger partial charge in [0.25, 0.3) is 5.91 Å². The smallest absolute Gasteiger partial charge is 0.262 e. The highest BCUT2D eigenvalue weighted by Gasteiger charge is 2.22. The molecular formula is C20H24N4O2S. The van der Waals surface area contributed by atoms with Crippen molar-refractivity contribution < 1.29 is 9.53 Å². The summed E-state index contributed by atoms with van der Waals surface area (Å²) in [4.78, 5) is 22.9. The van der Waals surface area contributed by atoms with Crippen LogP contribution in [0.3, 0.4) is 0 Å². The summed E-state index contributed by atoms with van der Waals surface area (Å²) in [6.45, 7) is 8.40. The van der Waals surface area contributed by atoms with Crippen LogP contribution in [0, 0.1) is 6.92 Å². The van der Waals surface area contributed by atoms with Crippen molar-refractivity contribution in [1.29, 1.82) is 0 Å². The number of amides is 1. The van der Waals surface area contributed by atoms with E-state index in [2.05, 4.69) is 20.6 Å². The van der Waals surface area contributed by atoms with Crippen LogP contribution < -0.4 is 15.4 Å². The average Bonchev–Trinajstić information content (AvgIpc) is 2.96. The molecule has 142 valence electrons. The van der Waals surface area contributed by atoms with Crippen molar-refractivity contribution in [3.8, 4) is 5.75 Å². The van der Waals surface area contributed by atoms with Crippen LogP contribution in [0.2, 0.25) is 0 Å². The summed E-state index contributed by atoms with van der Waals surface area (Å²) in [5.41, 5.74) is 1.63. The minimum Gasteiger partial charge on any atom is -0.496 e. The first-order valence-electron chi connectivity index (χ1n) is 8.72. The van der Waals surface area contributed by atoms with Crippen LogP contribution in [0.15, 0.2) is 30.6 Å². The van der Waals surface area contributed by atoms with Gasteiger partial charge in [-0.3, -0.25) is 4.79 Å².